The first-order chi connectivity index (χ1) is 11.4. The van der Waals surface area contributed by atoms with Crippen LogP contribution >= 0.6 is 0 Å². The van der Waals surface area contributed by atoms with E-state index in [0.29, 0.717) is 5.56 Å². The van der Waals surface area contributed by atoms with E-state index >= 15 is 0 Å². The first-order valence-corrected chi connectivity index (χ1v) is 8.19. The Kier molecular flexibility index (Phi) is 5.96. The van der Waals surface area contributed by atoms with E-state index in [-0.39, 0.29) is 30.9 Å². The van der Waals surface area contributed by atoms with Crippen LogP contribution in [0.3, 0.4) is 0 Å². The van der Waals surface area contributed by atoms with Crippen LogP contribution in [-0.4, -0.2) is 30.4 Å². The van der Waals surface area contributed by atoms with Crippen LogP contribution in [0.25, 0.3) is 0 Å². The molecule has 0 atom stereocenters. The van der Waals surface area contributed by atoms with Gasteiger partial charge in [0.2, 0.25) is 5.91 Å². The van der Waals surface area contributed by atoms with Gasteiger partial charge in [0.15, 0.2) is 0 Å². The summed E-state index contributed by atoms with van der Waals surface area (Å²) < 4.78 is 13.8. The molecule has 0 bridgehead atoms. The van der Waals surface area contributed by atoms with E-state index in [4.69, 9.17) is 0 Å². The summed E-state index contributed by atoms with van der Waals surface area (Å²) in [5.41, 5.74) is 2.73. The molecule has 128 valence electrons. The molecule has 2 aromatic carbocycles. The van der Waals surface area contributed by atoms with Gasteiger partial charge in [-0.3, -0.25) is 4.79 Å². The highest BCUT2D eigenvalue weighted by Crippen LogP contribution is 2.18. The van der Waals surface area contributed by atoms with E-state index in [2.05, 4.69) is 18.7 Å². The minimum absolute atomic E-state index is 0.0347. The van der Waals surface area contributed by atoms with Crippen molar-refractivity contribution >= 4 is 11.6 Å². The third-order valence-electron chi connectivity index (χ3n) is 4.09. The van der Waals surface area contributed by atoms with Crippen LogP contribution in [-0.2, 0) is 11.3 Å². The van der Waals surface area contributed by atoms with E-state index in [9.17, 15) is 9.18 Å². The van der Waals surface area contributed by atoms with Gasteiger partial charge in [-0.1, -0.05) is 35.9 Å². The number of benzene rings is 2. The Morgan fingerprint density at radius 2 is 1.71 bits per heavy atom. The summed E-state index contributed by atoms with van der Waals surface area (Å²) in [4.78, 5) is 16.2. The second-order valence-electron chi connectivity index (χ2n) is 6.40. The Labute approximate surface area is 143 Å². The Bertz CT molecular complexity index is 682. The molecule has 2 aromatic rings. The van der Waals surface area contributed by atoms with Crippen molar-refractivity contribution in [1.82, 2.24) is 4.90 Å². The largest absolute Gasteiger partial charge is 0.360 e. The highest BCUT2D eigenvalue weighted by Gasteiger charge is 2.18. The number of anilines is 1. The zero-order valence-corrected chi connectivity index (χ0v) is 14.8. The van der Waals surface area contributed by atoms with Crippen molar-refractivity contribution in [2.75, 3.05) is 18.5 Å². The summed E-state index contributed by atoms with van der Waals surface area (Å²) in [6.07, 6.45) is 0. The van der Waals surface area contributed by atoms with Crippen molar-refractivity contribution in [3.05, 3.63) is 65.5 Å². The smallest absolute Gasteiger partial charge is 0.242 e. The quantitative estimate of drug-likeness (QED) is 0.800. The lowest BCUT2D eigenvalue weighted by Gasteiger charge is -2.30. The van der Waals surface area contributed by atoms with Gasteiger partial charge in [0, 0.05) is 30.9 Å². The van der Waals surface area contributed by atoms with Crippen molar-refractivity contribution in [2.24, 2.45) is 0 Å². The van der Waals surface area contributed by atoms with Crippen molar-refractivity contribution in [3.8, 4) is 0 Å². The first kappa shape index (κ1) is 18.0. The van der Waals surface area contributed by atoms with Crippen LogP contribution in [0.4, 0.5) is 10.1 Å². The van der Waals surface area contributed by atoms with E-state index < -0.39 is 0 Å². The molecule has 0 unspecified atom stereocenters. The number of halogens is 1. The fourth-order valence-electron chi connectivity index (χ4n) is 2.54. The van der Waals surface area contributed by atoms with Gasteiger partial charge in [0.25, 0.3) is 0 Å². The minimum Gasteiger partial charge on any atom is -0.360 e. The molecule has 3 nitrogen and oxygen atoms in total. The SMILES string of the molecule is Cc1ccc(N(CC(=O)N(C)Cc2ccccc2F)C(C)C)cc1. The molecule has 0 fully saturated rings. The van der Waals surface area contributed by atoms with Gasteiger partial charge in [-0.15, -0.1) is 0 Å². The molecular formula is C20H25FN2O. The van der Waals surface area contributed by atoms with Crippen molar-refractivity contribution in [3.63, 3.8) is 0 Å². The normalized spacial score (nSPS) is 10.8. The number of likely N-dealkylation sites (N-methyl/N-ethyl adjacent to an activating group) is 1. The summed E-state index contributed by atoms with van der Waals surface area (Å²) in [7, 11) is 1.71. The van der Waals surface area contributed by atoms with Crippen LogP contribution in [0.15, 0.2) is 48.5 Å². The second kappa shape index (κ2) is 7.95. The summed E-state index contributed by atoms with van der Waals surface area (Å²) in [6, 6.07) is 14.9. The fraction of sp³-hybridized carbons (Fsp3) is 0.350. The molecule has 4 heteroatoms. The van der Waals surface area contributed by atoms with Gasteiger partial charge in [0.1, 0.15) is 5.82 Å². The molecule has 0 aliphatic carbocycles. The van der Waals surface area contributed by atoms with Crippen molar-refractivity contribution in [1.29, 1.82) is 0 Å². The van der Waals surface area contributed by atoms with Gasteiger partial charge < -0.3 is 9.80 Å². The maximum atomic E-state index is 13.8. The molecule has 0 N–H and O–H groups in total. The molecule has 0 saturated heterocycles. The first-order valence-electron chi connectivity index (χ1n) is 8.19. The standard InChI is InChI=1S/C20H25FN2O/c1-15(2)23(18-11-9-16(3)10-12-18)14-20(24)22(4)13-17-7-5-6-8-19(17)21/h5-12,15H,13-14H2,1-4H3. The number of amides is 1. The van der Waals surface area contributed by atoms with E-state index in [0.717, 1.165) is 5.69 Å². The summed E-state index contributed by atoms with van der Waals surface area (Å²) in [5.74, 6) is -0.316. The molecule has 24 heavy (non-hydrogen) atoms. The zero-order valence-electron chi connectivity index (χ0n) is 14.8. The number of carbonyl (C=O) groups is 1. The van der Waals surface area contributed by atoms with Crippen LogP contribution in [0.5, 0.6) is 0 Å². The lowest BCUT2D eigenvalue weighted by Crippen LogP contribution is -2.41. The van der Waals surface area contributed by atoms with Gasteiger partial charge in [0.05, 0.1) is 6.54 Å². The Morgan fingerprint density at radius 3 is 2.29 bits per heavy atom. The van der Waals surface area contributed by atoms with Crippen molar-refractivity contribution in [2.45, 2.75) is 33.4 Å². The van der Waals surface area contributed by atoms with Crippen LogP contribution in [0.1, 0.15) is 25.0 Å². The number of aryl methyl sites for hydroxylation is 1. The average Bonchev–Trinajstić information content (AvgIpc) is 2.55. The molecule has 0 aromatic heterocycles. The minimum atomic E-state index is -0.281. The number of hydrogen-bond acceptors (Lipinski definition) is 2. The Morgan fingerprint density at radius 1 is 1.08 bits per heavy atom. The van der Waals surface area contributed by atoms with Crippen LogP contribution in [0.2, 0.25) is 0 Å². The maximum Gasteiger partial charge on any atom is 0.242 e. The monoisotopic (exact) mass is 328 g/mol. The second-order valence-corrected chi connectivity index (χ2v) is 6.40. The van der Waals surface area contributed by atoms with Gasteiger partial charge in [-0.05, 0) is 39.0 Å². The van der Waals surface area contributed by atoms with E-state index in [1.807, 2.05) is 31.2 Å². The molecule has 0 spiro atoms. The zero-order chi connectivity index (χ0) is 17.7. The number of carbonyl (C=O) groups excluding carboxylic acids is 1. The molecule has 0 saturated carbocycles. The van der Waals surface area contributed by atoms with E-state index in [1.165, 1.54) is 11.6 Å². The third kappa shape index (κ3) is 4.57. The Hall–Kier alpha value is -2.36. The molecular weight excluding hydrogens is 303 g/mol. The van der Waals surface area contributed by atoms with Crippen LogP contribution in [0, 0.1) is 12.7 Å². The predicted octanol–water partition coefficient (Wildman–Crippen LogP) is 4.01. The average molecular weight is 328 g/mol. The summed E-state index contributed by atoms with van der Waals surface area (Å²) in [5, 5.41) is 0. The maximum absolute atomic E-state index is 13.8. The molecule has 0 heterocycles. The van der Waals surface area contributed by atoms with Gasteiger partial charge in [-0.2, -0.15) is 0 Å². The molecule has 1 amide bonds. The lowest BCUT2D eigenvalue weighted by atomic mass is 10.1. The third-order valence-corrected chi connectivity index (χ3v) is 4.09. The summed E-state index contributed by atoms with van der Waals surface area (Å²) >= 11 is 0. The summed E-state index contributed by atoms with van der Waals surface area (Å²) in [6.45, 7) is 6.70. The highest BCUT2D eigenvalue weighted by molar-refractivity contribution is 5.81. The van der Waals surface area contributed by atoms with Crippen molar-refractivity contribution < 1.29 is 9.18 Å². The number of hydrogen-bond donors (Lipinski definition) is 0. The van der Waals surface area contributed by atoms with E-state index in [1.54, 1.807) is 30.1 Å². The molecule has 0 aliphatic heterocycles. The predicted molar refractivity (Wildman–Crippen MR) is 96.5 cm³/mol. The lowest BCUT2D eigenvalue weighted by molar-refractivity contribution is -0.129. The van der Waals surface area contributed by atoms with Gasteiger partial charge in [-0.25, -0.2) is 4.39 Å². The Balaban J connectivity index is 2.07. The number of rotatable bonds is 6. The number of nitrogens with zero attached hydrogens (tertiary/aromatic N) is 2. The van der Waals surface area contributed by atoms with Gasteiger partial charge >= 0.3 is 0 Å². The van der Waals surface area contributed by atoms with Crippen LogP contribution < -0.4 is 4.90 Å². The highest BCUT2D eigenvalue weighted by atomic mass is 19.1. The molecule has 0 radical (unpaired) electrons. The fourth-order valence-corrected chi connectivity index (χ4v) is 2.54. The molecule has 2 rings (SSSR count). The molecule has 0 aliphatic rings. The topological polar surface area (TPSA) is 23.6 Å².